The predicted octanol–water partition coefficient (Wildman–Crippen LogP) is 4.10. The Bertz CT molecular complexity index is 894. The molecular weight excluding hydrogens is 382 g/mol. The van der Waals surface area contributed by atoms with Gasteiger partial charge in [0.2, 0.25) is 5.75 Å². The Morgan fingerprint density at radius 3 is 2.46 bits per heavy atom. The van der Waals surface area contributed by atoms with Gasteiger partial charge < -0.3 is 23.5 Å². The number of methoxy groups -OCH3 is 3. The maximum absolute atomic E-state index is 12.1. The van der Waals surface area contributed by atoms with Gasteiger partial charge in [0.25, 0.3) is 0 Å². The molecule has 8 heteroatoms. The van der Waals surface area contributed by atoms with Gasteiger partial charge in [0.1, 0.15) is 12.3 Å². The van der Waals surface area contributed by atoms with E-state index in [2.05, 4.69) is 5.16 Å². The van der Waals surface area contributed by atoms with E-state index in [1.54, 1.807) is 38.7 Å². The van der Waals surface area contributed by atoms with Crippen LogP contribution in [-0.4, -0.2) is 32.5 Å². The second-order valence-electron chi connectivity index (χ2n) is 5.85. The van der Waals surface area contributed by atoms with Crippen molar-refractivity contribution in [3.05, 3.63) is 47.0 Å². The molecule has 3 aromatic rings. The van der Waals surface area contributed by atoms with Crippen molar-refractivity contribution in [2.45, 2.75) is 19.4 Å². The third-order valence-corrected chi connectivity index (χ3v) is 4.93. The summed E-state index contributed by atoms with van der Waals surface area (Å²) in [6.45, 7) is 0.0724. The molecule has 0 aliphatic rings. The van der Waals surface area contributed by atoms with Gasteiger partial charge in [0, 0.05) is 12.5 Å². The number of carbonyl (C=O) groups is 1. The van der Waals surface area contributed by atoms with Gasteiger partial charge in [-0.05, 0) is 35.6 Å². The van der Waals surface area contributed by atoms with E-state index in [1.807, 2.05) is 29.6 Å². The standard InChI is InChI=1S/C20H21NO6S/c1-23-16-9-13(10-17(24-2)20(16)25-3)6-7-19(22)26-12-14-11-15(27-21-14)18-5-4-8-28-18/h4-5,8-11H,6-7,12H2,1-3H3. The average molecular weight is 403 g/mol. The fourth-order valence-electron chi connectivity index (χ4n) is 2.67. The SMILES string of the molecule is COc1cc(CCC(=O)OCc2cc(-c3cccs3)on2)cc(OC)c1OC. The highest BCUT2D eigenvalue weighted by molar-refractivity contribution is 7.13. The molecule has 0 spiro atoms. The number of carbonyl (C=O) groups excluding carboxylic acids is 1. The Morgan fingerprint density at radius 1 is 1.11 bits per heavy atom. The molecule has 0 N–H and O–H groups in total. The van der Waals surface area contributed by atoms with Gasteiger partial charge in [0.05, 0.1) is 26.2 Å². The Hall–Kier alpha value is -3.00. The molecular formula is C20H21NO6S. The molecule has 28 heavy (non-hydrogen) atoms. The number of aryl methyl sites for hydroxylation is 1. The molecule has 0 radical (unpaired) electrons. The molecule has 1 aromatic carbocycles. The van der Waals surface area contributed by atoms with Gasteiger partial charge >= 0.3 is 5.97 Å². The number of rotatable bonds is 9. The Morgan fingerprint density at radius 2 is 1.86 bits per heavy atom. The van der Waals surface area contributed by atoms with Gasteiger partial charge in [0.15, 0.2) is 17.3 Å². The lowest BCUT2D eigenvalue weighted by Crippen LogP contribution is -2.06. The summed E-state index contributed by atoms with van der Waals surface area (Å²) in [5.41, 5.74) is 1.46. The Kier molecular flexibility index (Phi) is 6.54. The van der Waals surface area contributed by atoms with Crippen LogP contribution in [0.5, 0.6) is 17.2 Å². The molecule has 148 valence electrons. The van der Waals surface area contributed by atoms with Crippen LogP contribution in [-0.2, 0) is 22.6 Å². The van der Waals surface area contributed by atoms with Crippen LogP contribution < -0.4 is 14.2 Å². The minimum atomic E-state index is -0.325. The summed E-state index contributed by atoms with van der Waals surface area (Å²) < 4.78 is 26.5. The minimum Gasteiger partial charge on any atom is -0.493 e. The fraction of sp³-hybridized carbons (Fsp3) is 0.300. The normalized spacial score (nSPS) is 10.5. The number of hydrogen-bond acceptors (Lipinski definition) is 8. The first kappa shape index (κ1) is 19.8. The molecule has 3 rings (SSSR count). The first-order chi connectivity index (χ1) is 13.6. The summed E-state index contributed by atoms with van der Waals surface area (Å²) in [6.07, 6.45) is 0.697. The van der Waals surface area contributed by atoms with Crippen molar-refractivity contribution in [2.75, 3.05) is 21.3 Å². The zero-order valence-corrected chi connectivity index (χ0v) is 16.7. The third-order valence-electron chi connectivity index (χ3n) is 4.05. The number of aromatic nitrogens is 1. The van der Waals surface area contributed by atoms with Crippen molar-refractivity contribution in [2.24, 2.45) is 0 Å². The van der Waals surface area contributed by atoms with Crippen LogP contribution in [0.25, 0.3) is 10.6 Å². The van der Waals surface area contributed by atoms with Crippen LogP contribution in [0.2, 0.25) is 0 Å². The number of thiophene rings is 1. The lowest BCUT2D eigenvalue weighted by molar-refractivity contribution is -0.145. The monoisotopic (exact) mass is 403 g/mol. The highest BCUT2D eigenvalue weighted by Gasteiger charge is 2.15. The molecule has 0 saturated heterocycles. The van der Waals surface area contributed by atoms with E-state index >= 15 is 0 Å². The lowest BCUT2D eigenvalue weighted by Gasteiger charge is -2.14. The third kappa shape index (κ3) is 4.64. The molecule has 0 amide bonds. The largest absolute Gasteiger partial charge is 0.493 e. The van der Waals surface area contributed by atoms with E-state index in [4.69, 9.17) is 23.5 Å². The molecule has 0 fully saturated rings. The van der Waals surface area contributed by atoms with E-state index in [9.17, 15) is 4.79 Å². The first-order valence-corrected chi connectivity index (χ1v) is 9.46. The van der Waals surface area contributed by atoms with Gasteiger partial charge in [-0.2, -0.15) is 0 Å². The van der Waals surface area contributed by atoms with Crippen molar-refractivity contribution in [1.29, 1.82) is 0 Å². The molecule has 0 bridgehead atoms. The van der Waals surface area contributed by atoms with Crippen LogP contribution in [0.15, 0.2) is 40.2 Å². The summed E-state index contributed by atoms with van der Waals surface area (Å²) in [5.74, 6) is 1.96. The van der Waals surface area contributed by atoms with Crippen LogP contribution in [0, 0.1) is 0 Å². The maximum atomic E-state index is 12.1. The Balaban J connectivity index is 1.54. The van der Waals surface area contributed by atoms with Crippen LogP contribution in [0.4, 0.5) is 0 Å². The van der Waals surface area contributed by atoms with Crippen LogP contribution in [0.1, 0.15) is 17.7 Å². The predicted molar refractivity (Wildman–Crippen MR) is 104 cm³/mol. The van der Waals surface area contributed by atoms with Crippen molar-refractivity contribution in [3.8, 4) is 27.9 Å². The second kappa shape index (κ2) is 9.27. The quantitative estimate of drug-likeness (QED) is 0.498. The molecule has 0 saturated carbocycles. The van der Waals surface area contributed by atoms with E-state index in [-0.39, 0.29) is 19.0 Å². The molecule has 7 nitrogen and oxygen atoms in total. The molecule has 0 aliphatic heterocycles. The smallest absolute Gasteiger partial charge is 0.306 e. The highest BCUT2D eigenvalue weighted by atomic mass is 32.1. The van der Waals surface area contributed by atoms with Crippen molar-refractivity contribution >= 4 is 17.3 Å². The summed E-state index contributed by atoms with van der Waals surface area (Å²) in [4.78, 5) is 13.1. The number of esters is 1. The zero-order chi connectivity index (χ0) is 19.9. The number of nitrogens with zero attached hydrogens (tertiary/aromatic N) is 1. The average Bonchev–Trinajstić information content (AvgIpc) is 3.41. The van der Waals surface area contributed by atoms with E-state index in [1.165, 1.54) is 0 Å². The molecule has 2 heterocycles. The van der Waals surface area contributed by atoms with Gasteiger partial charge in [-0.3, -0.25) is 4.79 Å². The summed E-state index contributed by atoms with van der Waals surface area (Å²) in [6, 6.07) is 9.29. The topological polar surface area (TPSA) is 80.0 Å². The highest BCUT2D eigenvalue weighted by Crippen LogP contribution is 2.38. The first-order valence-electron chi connectivity index (χ1n) is 8.58. The van der Waals surface area contributed by atoms with Gasteiger partial charge in [-0.25, -0.2) is 0 Å². The molecule has 0 atom stereocenters. The summed E-state index contributed by atoms with van der Waals surface area (Å²) in [5, 5.41) is 5.89. The molecule has 0 aliphatic carbocycles. The minimum absolute atomic E-state index is 0.0724. The molecule has 0 unspecified atom stereocenters. The lowest BCUT2D eigenvalue weighted by atomic mass is 10.1. The zero-order valence-electron chi connectivity index (χ0n) is 15.9. The van der Waals surface area contributed by atoms with Crippen molar-refractivity contribution < 1.29 is 28.3 Å². The fourth-order valence-corrected chi connectivity index (χ4v) is 3.34. The van der Waals surface area contributed by atoms with Gasteiger partial charge in [-0.15, -0.1) is 11.3 Å². The van der Waals surface area contributed by atoms with Gasteiger partial charge in [-0.1, -0.05) is 11.2 Å². The van der Waals surface area contributed by atoms with E-state index < -0.39 is 0 Å². The van der Waals surface area contributed by atoms with E-state index in [0.29, 0.717) is 35.1 Å². The molecule has 2 aromatic heterocycles. The van der Waals surface area contributed by atoms with E-state index in [0.717, 1.165) is 10.4 Å². The van der Waals surface area contributed by atoms with Crippen LogP contribution >= 0.6 is 11.3 Å². The summed E-state index contributed by atoms with van der Waals surface area (Å²) >= 11 is 1.56. The summed E-state index contributed by atoms with van der Waals surface area (Å²) in [7, 11) is 4.65. The second-order valence-corrected chi connectivity index (χ2v) is 6.80. The van der Waals surface area contributed by atoms with Crippen molar-refractivity contribution in [1.82, 2.24) is 5.16 Å². The maximum Gasteiger partial charge on any atom is 0.306 e. The number of benzene rings is 1. The van der Waals surface area contributed by atoms with Crippen molar-refractivity contribution in [3.63, 3.8) is 0 Å². The number of hydrogen-bond donors (Lipinski definition) is 0. The Labute approximate surface area is 166 Å². The van der Waals surface area contributed by atoms with Crippen LogP contribution in [0.3, 0.4) is 0 Å². The number of ether oxygens (including phenoxy) is 4.